The molecule has 1 aromatic heterocycles. The monoisotopic (exact) mass is 265 g/mol. The van der Waals surface area contributed by atoms with Gasteiger partial charge in [-0.25, -0.2) is 4.98 Å². The minimum Gasteiger partial charge on any atom is -0.372 e. The smallest absolute Gasteiger partial charge is 0.0991 e. The summed E-state index contributed by atoms with van der Waals surface area (Å²) in [7, 11) is 0. The van der Waals surface area contributed by atoms with E-state index in [-0.39, 0.29) is 18.5 Å². The first-order valence-electron chi connectivity index (χ1n) is 5.82. The fourth-order valence-corrected chi connectivity index (χ4v) is 2.40. The molecule has 0 saturated carbocycles. The molecule has 1 aromatic carbocycles. The normalized spacial score (nSPS) is 17.9. The van der Waals surface area contributed by atoms with E-state index < -0.39 is 0 Å². The number of hydrogen-bond acceptors (Lipinski definition) is 3. The van der Waals surface area contributed by atoms with Gasteiger partial charge in [-0.2, -0.15) is 0 Å². The van der Waals surface area contributed by atoms with Crippen LogP contribution in [0.5, 0.6) is 0 Å². The highest BCUT2D eigenvalue weighted by Gasteiger charge is 2.21. The maximum Gasteiger partial charge on any atom is 0.0991 e. The Hall–Kier alpha value is -1.36. The highest BCUT2D eigenvalue weighted by molar-refractivity contribution is 5.85. The second-order valence-electron chi connectivity index (χ2n) is 4.16. The van der Waals surface area contributed by atoms with E-state index >= 15 is 0 Å². The third-order valence-corrected chi connectivity index (χ3v) is 3.20. The summed E-state index contributed by atoms with van der Waals surface area (Å²) >= 11 is 0. The zero-order valence-corrected chi connectivity index (χ0v) is 10.8. The van der Waals surface area contributed by atoms with Gasteiger partial charge in [0.25, 0.3) is 0 Å². The summed E-state index contributed by atoms with van der Waals surface area (Å²) in [6.07, 6.45) is 6.53. The SMILES string of the molecule is Cl.NC[C@@H]1OCCc2c1cccc2-n1ccnc1. The fraction of sp³-hybridized carbons (Fsp3) is 0.308. The predicted octanol–water partition coefficient (Wildman–Crippen LogP) is 1.87. The summed E-state index contributed by atoms with van der Waals surface area (Å²) in [4.78, 5) is 4.09. The lowest BCUT2D eigenvalue weighted by Crippen LogP contribution is -2.24. The molecule has 0 amide bonds. The standard InChI is InChI=1S/C13H15N3O.ClH/c14-8-13-11-2-1-3-12(10(11)4-7-17-13)16-6-5-15-9-16;/h1-3,5-6,9,13H,4,7-8,14H2;1H/t13-;/m0./s1. The van der Waals surface area contributed by atoms with Gasteiger partial charge < -0.3 is 15.0 Å². The predicted molar refractivity (Wildman–Crippen MR) is 72.3 cm³/mol. The number of halogens is 1. The number of rotatable bonds is 2. The summed E-state index contributed by atoms with van der Waals surface area (Å²) in [6.45, 7) is 1.26. The molecule has 0 saturated heterocycles. The van der Waals surface area contributed by atoms with Gasteiger partial charge in [0.1, 0.15) is 0 Å². The minimum atomic E-state index is 0. The quantitative estimate of drug-likeness (QED) is 0.902. The third-order valence-electron chi connectivity index (χ3n) is 3.20. The summed E-state index contributed by atoms with van der Waals surface area (Å²) < 4.78 is 7.72. The van der Waals surface area contributed by atoms with Gasteiger partial charge in [-0.1, -0.05) is 12.1 Å². The molecule has 96 valence electrons. The number of nitrogens with two attached hydrogens (primary N) is 1. The van der Waals surface area contributed by atoms with Crippen molar-refractivity contribution in [3.63, 3.8) is 0 Å². The molecule has 18 heavy (non-hydrogen) atoms. The summed E-state index contributed by atoms with van der Waals surface area (Å²) in [5, 5.41) is 0. The van der Waals surface area contributed by atoms with Crippen LogP contribution in [-0.2, 0) is 11.2 Å². The first-order chi connectivity index (χ1) is 8.40. The number of fused-ring (bicyclic) bond motifs is 1. The number of hydrogen-bond donors (Lipinski definition) is 1. The first kappa shape index (κ1) is 13.1. The van der Waals surface area contributed by atoms with Gasteiger partial charge in [0.15, 0.2) is 0 Å². The average Bonchev–Trinajstić information content (AvgIpc) is 2.91. The molecule has 0 bridgehead atoms. The van der Waals surface area contributed by atoms with Crippen molar-refractivity contribution in [3.05, 3.63) is 48.0 Å². The Kier molecular flexibility index (Phi) is 4.01. The molecule has 1 atom stereocenters. The van der Waals surface area contributed by atoms with Gasteiger partial charge in [-0.15, -0.1) is 12.4 Å². The van der Waals surface area contributed by atoms with Gasteiger partial charge in [0, 0.05) is 18.9 Å². The van der Waals surface area contributed by atoms with Crippen molar-refractivity contribution < 1.29 is 4.74 Å². The number of aromatic nitrogens is 2. The van der Waals surface area contributed by atoms with Crippen LogP contribution in [0.3, 0.4) is 0 Å². The van der Waals surface area contributed by atoms with Crippen molar-refractivity contribution in [2.24, 2.45) is 5.73 Å². The topological polar surface area (TPSA) is 53.1 Å². The molecule has 0 spiro atoms. The molecule has 4 nitrogen and oxygen atoms in total. The van der Waals surface area contributed by atoms with Gasteiger partial charge in [-0.05, 0) is 23.6 Å². The van der Waals surface area contributed by atoms with Crippen LogP contribution in [0.2, 0.25) is 0 Å². The van der Waals surface area contributed by atoms with Gasteiger partial charge in [0.2, 0.25) is 0 Å². The summed E-state index contributed by atoms with van der Waals surface area (Å²) in [5.74, 6) is 0. The fourth-order valence-electron chi connectivity index (χ4n) is 2.40. The van der Waals surface area contributed by atoms with Crippen molar-refractivity contribution in [3.8, 4) is 5.69 Å². The van der Waals surface area contributed by atoms with Crippen LogP contribution in [0.1, 0.15) is 17.2 Å². The maximum absolute atomic E-state index is 5.74. The molecule has 2 N–H and O–H groups in total. The van der Waals surface area contributed by atoms with Gasteiger partial charge >= 0.3 is 0 Å². The molecule has 5 heteroatoms. The van der Waals surface area contributed by atoms with E-state index in [9.17, 15) is 0 Å². The third kappa shape index (κ3) is 2.14. The zero-order valence-electron chi connectivity index (χ0n) is 9.95. The van der Waals surface area contributed by atoms with E-state index in [2.05, 4.69) is 17.1 Å². The number of nitrogens with zero attached hydrogens (tertiary/aromatic N) is 2. The van der Waals surface area contributed by atoms with Crippen molar-refractivity contribution in [1.29, 1.82) is 0 Å². The molecule has 0 fully saturated rings. The van der Waals surface area contributed by atoms with Crippen LogP contribution < -0.4 is 5.73 Å². The van der Waals surface area contributed by atoms with E-state index in [0.29, 0.717) is 6.54 Å². The second kappa shape index (κ2) is 5.52. The van der Waals surface area contributed by atoms with Crippen LogP contribution in [0.15, 0.2) is 36.9 Å². The zero-order chi connectivity index (χ0) is 11.7. The van der Waals surface area contributed by atoms with Crippen LogP contribution in [0.4, 0.5) is 0 Å². The Labute approximate surface area is 112 Å². The minimum absolute atomic E-state index is 0. The summed E-state index contributed by atoms with van der Waals surface area (Å²) in [5.41, 5.74) is 9.46. The number of imidazole rings is 1. The van der Waals surface area contributed by atoms with E-state index in [4.69, 9.17) is 10.5 Å². The van der Waals surface area contributed by atoms with E-state index in [1.165, 1.54) is 16.8 Å². The molecule has 0 unspecified atom stereocenters. The largest absolute Gasteiger partial charge is 0.372 e. The van der Waals surface area contributed by atoms with Crippen molar-refractivity contribution in [2.75, 3.05) is 13.2 Å². The molecular formula is C13H16ClN3O. The molecule has 3 rings (SSSR count). The number of benzene rings is 1. The van der Waals surface area contributed by atoms with Crippen LogP contribution in [-0.4, -0.2) is 22.7 Å². The Balaban J connectivity index is 0.00000120. The average molecular weight is 266 g/mol. The summed E-state index contributed by atoms with van der Waals surface area (Å²) in [6, 6.07) is 6.26. The van der Waals surface area contributed by atoms with Gasteiger partial charge in [0.05, 0.1) is 24.7 Å². The van der Waals surface area contributed by atoms with Crippen molar-refractivity contribution in [2.45, 2.75) is 12.5 Å². The van der Waals surface area contributed by atoms with Gasteiger partial charge in [-0.3, -0.25) is 0 Å². The highest BCUT2D eigenvalue weighted by atomic mass is 35.5. The van der Waals surface area contributed by atoms with Crippen LogP contribution in [0, 0.1) is 0 Å². The lowest BCUT2D eigenvalue weighted by atomic mass is 9.95. The lowest BCUT2D eigenvalue weighted by molar-refractivity contribution is 0.0485. The van der Waals surface area contributed by atoms with Crippen LogP contribution >= 0.6 is 12.4 Å². The van der Waals surface area contributed by atoms with E-state index in [0.717, 1.165) is 13.0 Å². The molecule has 0 radical (unpaired) electrons. The number of ether oxygens (including phenoxy) is 1. The van der Waals surface area contributed by atoms with E-state index in [1.807, 2.05) is 23.2 Å². The maximum atomic E-state index is 5.74. The molecular weight excluding hydrogens is 250 g/mol. The lowest BCUT2D eigenvalue weighted by Gasteiger charge is -2.27. The van der Waals surface area contributed by atoms with E-state index in [1.54, 1.807) is 6.20 Å². The molecule has 1 aliphatic rings. The first-order valence-corrected chi connectivity index (χ1v) is 5.82. The Bertz CT molecular complexity index is 513. The molecule has 2 aromatic rings. The Morgan fingerprint density at radius 2 is 2.33 bits per heavy atom. The van der Waals surface area contributed by atoms with Crippen molar-refractivity contribution in [1.82, 2.24) is 9.55 Å². The molecule has 1 aliphatic heterocycles. The highest BCUT2D eigenvalue weighted by Crippen LogP contribution is 2.30. The molecule has 2 heterocycles. The molecule has 0 aliphatic carbocycles. The Morgan fingerprint density at radius 1 is 1.44 bits per heavy atom. The Morgan fingerprint density at radius 3 is 3.06 bits per heavy atom. The van der Waals surface area contributed by atoms with Crippen molar-refractivity contribution >= 4 is 12.4 Å². The van der Waals surface area contributed by atoms with Crippen LogP contribution in [0.25, 0.3) is 5.69 Å². The second-order valence-corrected chi connectivity index (χ2v) is 4.16.